The SMILES string of the molecule is NC(CC1CC1)OC=O. The Bertz CT molecular complexity index is 101. The van der Waals surface area contributed by atoms with Crippen LogP contribution in [0.25, 0.3) is 0 Å². The molecule has 0 saturated heterocycles. The van der Waals surface area contributed by atoms with E-state index in [0.717, 1.165) is 12.3 Å². The van der Waals surface area contributed by atoms with Crippen LogP contribution < -0.4 is 5.73 Å². The third-order valence-corrected chi connectivity index (χ3v) is 1.49. The average molecular weight is 129 g/mol. The van der Waals surface area contributed by atoms with E-state index in [9.17, 15) is 4.79 Å². The highest BCUT2D eigenvalue weighted by Gasteiger charge is 2.24. The van der Waals surface area contributed by atoms with Gasteiger partial charge in [-0.05, 0) is 18.8 Å². The van der Waals surface area contributed by atoms with Crippen molar-refractivity contribution in [1.82, 2.24) is 0 Å². The van der Waals surface area contributed by atoms with Gasteiger partial charge in [-0.3, -0.25) is 10.5 Å². The average Bonchev–Trinajstić information content (AvgIpc) is 2.50. The van der Waals surface area contributed by atoms with Crippen molar-refractivity contribution in [3.05, 3.63) is 0 Å². The highest BCUT2D eigenvalue weighted by Crippen LogP contribution is 2.33. The van der Waals surface area contributed by atoms with Crippen molar-refractivity contribution in [3.8, 4) is 0 Å². The highest BCUT2D eigenvalue weighted by molar-refractivity contribution is 5.37. The zero-order chi connectivity index (χ0) is 6.69. The largest absolute Gasteiger partial charge is 0.449 e. The Labute approximate surface area is 54.2 Å². The summed E-state index contributed by atoms with van der Waals surface area (Å²) in [5.41, 5.74) is 5.37. The molecule has 1 aliphatic carbocycles. The van der Waals surface area contributed by atoms with E-state index in [1.807, 2.05) is 0 Å². The van der Waals surface area contributed by atoms with E-state index in [4.69, 9.17) is 5.73 Å². The Kier molecular flexibility index (Phi) is 2.05. The molecule has 52 valence electrons. The number of ether oxygens (including phenoxy) is 1. The van der Waals surface area contributed by atoms with Crippen molar-refractivity contribution in [2.45, 2.75) is 25.5 Å². The van der Waals surface area contributed by atoms with Crippen LogP contribution in [0.4, 0.5) is 0 Å². The van der Waals surface area contributed by atoms with Crippen molar-refractivity contribution in [2.24, 2.45) is 11.7 Å². The Balaban J connectivity index is 2.01. The van der Waals surface area contributed by atoms with E-state index in [-0.39, 0.29) is 6.23 Å². The van der Waals surface area contributed by atoms with Gasteiger partial charge in [0.1, 0.15) is 0 Å². The molecule has 9 heavy (non-hydrogen) atoms. The molecule has 0 aromatic heterocycles. The number of rotatable bonds is 4. The number of hydrogen-bond acceptors (Lipinski definition) is 3. The number of carbonyl (C=O) groups excluding carboxylic acids is 1. The number of hydrogen-bond donors (Lipinski definition) is 1. The normalized spacial score (nSPS) is 21.0. The molecule has 2 N–H and O–H groups in total. The van der Waals surface area contributed by atoms with Crippen molar-refractivity contribution in [3.63, 3.8) is 0 Å². The number of carbonyl (C=O) groups is 1. The molecule has 0 bridgehead atoms. The van der Waals surface area contributed by atoms with E-state index in [2.05, 4.69) is 4.74 Å². The van der Waals surface area contributed by atoms with Crippen molar-refractivity contribution in [2.75, 3.05) is 0 Å². The zero-order valence-corrected chi connectivity index (χ0v) is 5.25. The second kappa shape index (κ2) is 2.82. The maximum Gasteiger partial charge on any atom is 0.294 e. The van der Waals surface area contributed by atoms with Crippen LogP contribution in [-0.4, -0.2) is 12.7 Å². The van der Waals surface area contributed by atoms with E-state index >= 15 is 0 Å². The van der Waals surface area contributed by atoms with Crippen LogP contribution >= 0.6 is 0 Å². The lowest BCUT2D eigenvalue weighted by atomic mass is 10.3. The molecule has 0 aromatic rings. The second-order valence-corrected chi connectivity index (χ2v) is 2.45. The summed E-state index contributed by atoms with van der Waals surface area (Å²) >= 11 is 0. The molecule has 0 amide bonds. The van der Waals surface area contributed by atoms with Gasteiger partial charge < -0.3 is 4.74 Å². The van der Waals surface area contributed by atoms with Crippen LogP contribution in [0.1, 0.15) is 19.3 Å². The molecule has 0 aromatic carbocycles. The Hall–Kier alpha value is -0.570. The van der Waals surface area contributed by atoms with Gasteiger partial charge in [-0.1, -0.05) is 0 Å². The molecular weight excluding hydrogens is 118 g/mol. The first-order valence-corrected chi connectivity index (χ1v) is 3.17. The summed E-state index contributed by atoms with van der Waals surface area (Å²) in [4.78, 5) is 9.71. The smallest absolute Gasteiger partial charge is 0.294 e. The summed E-state index contributed by atoms with van der Waals surface area (Å²) < 4.78 is 4.49. The minimum Gasteiger partial charge on any atom is -0.449 e. The lowest BCUT2D eigenvalue weighted by molar-refractivity contribution is -0.133. The molecule has 1 unspecified atom stereocenters. The van der Waals surface area contributed by atoms with E-state index in [1.165, 1.54) is 12.8 Å². The summed E-state index contributed by atoms with van der Waals surface area (Å²) in [7, 11) is 0. The van der Waals surface area contributed by atoms with Crippen LogP contribution in [0.3, 0.4) is 0 Å². The van der Waals surface area contributed by atoms with Gasteiger partial charge in [0.05, 0.1) is 0 Å². The minimum atomic E-state index is -0.366. The first-order valence-electron chi connectivity index (χ1n) is 3.17. The Morgan fingerprint density at radius 2 is 2.44 bits per heavy atom. The van der Waals surface area contributed by atoms with E-state index < -0.39 is 0 Å². The molecule has 0 radical (unpaired) electrons. The third kappa shape index (κ3) is 2.46. The number of nitrogens with two attached hydrogens (primary N) is 1. The molecule has 1 saturated carbocycles. The predicted molar refractivity (Wildman–Crippen MR) is 32.5 cm³/mol. The molecule has 1 aliphatic rings. The summed E-state index contributed by atoms with van der Waals surface area (Å²) in [6, 6.07) is 0. The molecule has 1 atom stereocenters. The standard InChI is InChI=1S/C6H11NO2/c7-6(9-4-8)3-5-1-2-5/h4-6H,1-3,7H2. The fourth-order valence-corrected chi connectivity index (χ4v) is 0.809. The lowest BCUT2D eigenvalue weighted by Gasteiger charge is -2.06. The monoisotopic (exact) mass is 129 g/mol. The van der Waals surface area contributed by atoms with Crippen LogP contribution in [0.2, 0.25) is 0 Å². The van der Waals surface area contributed by atoms with E-state index in [1.54, 1.807) is 0 Å². The minimum absolute atomic E-state index is 0.366. The molecule has 0 aliphatic heterocycles. The topological polar surface area (TPSA) is 52.3 Å². The molecule has 1 rings (SSSR count). The fraction of sp³-hybridized carbons (Fsp3) is 0.833. The molecule has 3 heteroatoms. The van der Waals surface area contributed by atoms with Crippen molar-refractivity contribution < 1.29 is 9.53 Å². The van der Waals surface area contributed by atoms with Gasteiger partial charge in [0.15, 0.2) is 6.23 Å². The maximum absolute atomic E-state index is 9.71. The Morgan fingerprint density at radius 3 is 2.89 bits per heavy atom. The quantitative estimate of drug-likeness (QED) is 0.437. The predicted octanol–water partition coefficient (Wildman–Crippen LogP) is 0.244. The molecule has 3 nitrogen and oxygen atoms in total. The van der Waals surface area contributed by atoms with Gasteiger partial charge in [0.25, 0.3) is 6.47 Å². The lowest BCUT2D eigenvalue weighted by Crippen LogP contribution is -2.23. The van der Waals surface area contributed by atoms with Crippen LogP contribution in [-0.2, 0) is 9.53 Å². The van der Waals surface area contributed by atoms with Gasteiger partial charge in [-0.25, -0.2) is 0 Å². The van der Waals surface area contributed by atoms with Crippen LogP contribution in [0.15, 0.2) is 0 Å². The second-order valence-electron chi connectivity index (χ2n) is 2.45. The molecule has 1 fully saturated rings. The van der Waals surface area contributed by atoms with Gasteiger partial charge in [0, 0.05) is 6.42 Å². The zero-order valence-electron chi connectivity index (χ0n) is 5.25. The Morgan fingerprint density at radius 1 is 1.78 bits per heavy atom. The van der Waals surface area contributed by atoms with Gasteiger partial charge in [0.2, 0.25) is 0 Å². The van der Waals surface area contributed by atoms with Crippen LogP contribution in [0, 0.1) is 5.92 Å². The molecular formula is C6H11NO2. The van der Waals surface area contributed by atoms with Gasteiger partial charge in [-0.2, -0.15) is 0 Å². The van der Waals surface area contributed by atoms with E-state index in [0.29, 0.717) is 6.47 Å². The molecule has 0 heterocycles. The molecule has 0 spiro atoms. The van der Waals surface area contributed by atoms with Crippen molar-refractivity contribution >= 4 is 6.47 Å². The summed E-state index contributed by atoms with van der Waals surface area (Å²) in [6.45, 7) is 0.410. The first-order chi connectivity index (χ1) is 4.33. The van der Waals surface area contributed by atoms with Gasteiger partial charge >= 0.3 is 0 Å². The van der Waals surface area contributed by atoms with Crippen molar-refractivity contribution in [1.29, 1.82) is 0 Å². The highest BCUT2D eigenvalue weighted by atomic mass is 16.5. The maximum atomic E-state index is 9.71. The van der Waals surface area contributed by atoms with Crippen LogP contribution in [0.5, 0.6) is 0 Å². The fourth-order valence-electron chi connectivity index (χ4n) is 0.809. The summed E-state index contributed by atoms with van der Waals surface area (Å²) in [5.74, 6) is 0.722. The van der Waals surface area contributed by atoms with Gasteiger partial charge in [-0.15, -0.1) is 0 Å². The first kappa shape index (κ1) is 6.55. The summed E-state index contributed by atoms with van der Waals surface area (Å²) in [6.07, 6.45) is 2.96. The summed E-state index contributed by atoms with van der Waals surface area (Å²) in [5, 5.41) is 0. The third-order valence-electron chi connectivity index (χ3n) is 1.49.